The SMILES string of the molecule is O=C(O)c1ccncc1OCCCc1ccccc1. The zero-order valence-corrected chi connectivity index (χ0v) is 10.5. The number of aromatic nitrogens is 1. The molecule has 4 nitrogen and oxygen atoms in total. The highest BCUT2D eigenvalue weighted by atomic mass is 16.5. The second-order valence-corrected chi connectivity index (χ2v) is 4.11. The minimum Gasteiger partial charge on any atom is -0.491 e. The highest BCUT2D eigenvalue weighted by Crippen LogP contribution is 2.16. The normalized spacial score (nSPS) is 10.1. The van der Waals surface area contributed by atoms with Gasteiger partial charge in [-0.05, 0) is 24.5 Å². The number of aryl methyl sites for hydroxylation is 1. The summed E-state index contributed by atoms with van der Waals surface area (Å²) in [6.45, 7) is 0.473. The summed E-state index contributed by atoms with van der Waals surface area (Å²) in [5, 5.41) is 8.99. The molecular weight excluding hydrogens is 242 g/mol. The molecule has 0 saturated carbocycles. The van der Waals surface area contributed by atoms with E-state index in [9.17, 15) is 4.79 Å². The lowest BCUT2D eigenvalue weighted by molar-refractivity contribution is 0.0692. The molecule has 0 spiro atoms. The van der Waals surface area contributed by atoms with Crippen molar-refractivity contribution in [3.05, 3.63) is 59.9 Å². The van der Waals surface area contributed by atoms with Crippen molar-refractivity contribution < 1.29 is 14.6 Å². The van der Waals surface area contributed by atoms with Crippen LogP contribution in [0.4, 0.5) is 0 Å². The van der Waals surface area contributed by atoms with Crippen LogP contribution >= 0.6 is 0 Å². The Morgan fingerprint density at radius 2 is 2.00 bits per heavy atom. The molecule has 0 unspecified atom stereocenters. The van der Waals surface area contributed by atoms with Gasteiger partial charge in [-0.25, -0.2) is 4.79 Å². The fourth-order valence-electron chi connectivity index (χ4n) is 1.77. The molecule has 0 bridgehead atoms. The van der Waals surface area contributed by atoms with Crippen molar-refractivity contribution >= 4 is 5.97 Å². The largest absolute Gasteiger partial charge is 0.491 e. The molecule has 4 heteroatoms. The summed E-state index contributed by atoms with van der Waals surface area (Å²) in [5.74, 6) is -0.677. The number of rotatable bonds is 6. The van der Waals surface area contributed by atoms with E-state index in [4.69, 9.17) is 9.84 Å². The molecule has 2 rings (SSSR count). The molecule has 0 aliphatic carbocycles. The first-order chi connectivity index (χ1) is 9.27. The summed E-state index contributed by atoms with van der Waals surface area (Å²) in [4.78, 5) is 14.8. The van der Waals surface area contributed by atoms with Gasteiger partial charge in [0.1, 0.15) is 5.56 Å². The van der Waals surface area contributed by atoms with Gasteiger partial charge in [0.15, 0.2) is 5.75 Å². The van der Waals surface area contributed by atoms with Crippen LogP contribution in [0.2, 0.25) is 0 Å². The molecule has 98 valence electrons. The Bertz CT molecular complexity index is 540. The molecule has 0 atom stereocenters. The Labute approximate surface area is 111 Å². The van der Waals surface area contributed by atoms with Crippen LogP contribution < -0.4 is 4.74 Å². The van der Waals surface area contributed by atoms with Crippen LogP contribution in [0.5, 0.6) is 5.75 Å². The summed E-state index contributed by atoms with van der Waals surface area (Å²) in [5.41, 5.74) is 1.39. The number of carboxylic acid groups (broad SMARTS) is 1. The fraction of sp³-hybridized carbons (Fsp3) is 0.200. The van der Waals surface area contributed by atoms with E-state index in [-0.39, 0.29) is 5.56 Å². The van der Waals surface area contributed by atoms with E-state index in [2.05, 4.69) is 17.1 Å². The first-order valence-electron chi connectivity index (χ1n) is 6.11. The van der Waals surface area contributed by atoms with Crippen LogP contribution in [0.3, 0.4) is 0 Å². The maximum absolute atomic E-state index is 11.0. The van der Waals surface area contributed by atoms with E-state index in [1.807, 2.05) is 18.2 Å². The lowest BCUT2D eigenvalue weighted by atomic mass is 10.1. The van der Waals surface area contributed by atoms with Gasteiger partial charge in [0.25, 0.3) is 0 Å². The van der Waals surface area contributed by atoms with Crippen molar-refractivity contribution in [2.45, 2.75) is 12.8 Å². The Morgan fingerprint density at radius 1 is 1.21 bits per heavy atom. The van der Waals surface area contributed by atoms with E-state index in [0.717, 1.165) is 12.8 Å². The number of benzene rings is 1. The average molecular weight is 257 g/mol. The smallest absolute Gasteiger partial charge is 0.339 e. The number of aromatic carboxylic acids is 1. The van der Waals surface area contributed by atoms with Crippen LogP contribution in [0.25, 0.3) is 0 Å². The summed E-state index contributed by atoms with van der Waals surface area (Å²) >= 11 is 0. The van der Waals surface area contributed by atoms with Crippen LogP contribution in [0.1, 0.15) is 22.3 Å². The van der Waals surface area contributed by atoms with Crippen molar-refractivity contribution in [2.24, 2.45) is 0 Å². The molecule has 1 aromatic heterocycles. The molecular formula is C15H15NO3. The number of ether oxygens (including phenoxy) is 1. The first-order valence-corrected chi connectivity index (χ1v) is 6.11. The summed E-state index contributed by atoms with van der Waals surface area (Å²) < 4.78 is 5.48. The third-order valence-corrected chi connectivity index (χ3v) is 2.73. The zero-order valence-electron chi connectivity index (χ0n) is 10.5. The van der Waals surface area contributed by atoms with Crippen molar-refractivity contribution in [3.8, 4) is 5.75 Å². The number of hydrogen-bond acceptors (Lipinski definition) is 3. The Balaban J connectivity index is 1.85. The second-order valence-electron chi connectivity index (χ2n) is 4.11. The minimum atomic E-state index is -1.000. The number of nitrogens with zero attached hydrogens (tertiary/aromatic N) is 1. The van der Waals surface area contributed by atoms with Crippen molar-refractivity contribution in [1.29, 1.82) is 0 Å². The predicted octanol–water partition coefficient (Wildman–Crippen LogP) is 2.79. The predicted molar refractivity (Wildman–Crippen MR) is 71.5 cm³/mol. The molecule has 1 N–H and O–H groups in total. The maximum atomic E-state index is 11.0. The molecule has 0 amide bonds. The molecule has 0 saturated heterocycles. The lowest BCUT2D eigenvalue weighted by Gasteiger charge is -2.08. The van der Waals surface area contributed by atoms with Gasteiger partial charge in [0.05, 0.1) is 12.8 Å². The number of pyridine rings is 1. The zero-order chi connectivity index (χ0) is 13.5. The molecule has 0 fully saturated rings. The highest BCUT2D eigenvalue weighted by Gasteiger charge is 2.10. The third-order valence-electron chi connectivity index (χ3n) is 2.73. The molecule has 19 heavy (non-hydrogen) atoms. The van der Waals surface area contributed by atoms with E-state index in [1.54, 1.807) is 0 Å². The van der Waals surface area contributed by atoms with Gasteiger partial charge in [-0.3, -0.25) is 4.98 Å². The van der Waals surface area contributed by atoms with Crippen molar-refractivity contribution in [2.75, 3.05) is 6.61 Å². The van der Waals surface area contributed by atoms with Crippen LogP contribution in [-0.4, -0.2) is 22.7 Å². The fourth-order valence-corrected chi connectivity index (χ4v) is 1.77. The van der Waals surface area contributed by atoms with Gasteiger partial charge in [-0.2, -0.15) is 0 Å². The van der Waals surface area contributed by atoms with Gasteiger partial charge in [0, 0.05) is 6.20 Å². The summed E-state index contributed by atoms with van der Waals surface area (Å²) in [6.07, 6.45) is 4.62. The lowest BCUT2D eigenvalue weighted by Crippen LogP contribution is -2.05. The van der Waals surface area contributed by atoms with Crippen LogP contribution in [-0.2, 0) is 6.42 Å². The first kappa shape index (κ1) is 13.1. The second kappa shape index (κ2) is 6.54. The van der Waals surface area contributed by atoms with Gasteiger partial charge in [-0.15, -0.1) is 0 Å². The third kappa shape index (κ3) is 3.81. The molecule has 0 aliphatic heterocycles. The quantitative estimate of drug-likeness (QED) is 0.808. The topological polar surface area (TPSA) is 59.4 Å². The van der Waals surface area contributed by atoms with Crippen LogP contribution in [0.15, 0.2) is 48.8 Å². The number of carboxylic acids is 1. The van der Waals surface area contributed by atoms with Crippen LogP contribution in [0, 0.1) is 0 Å². The number of carbonyl (C=O) groups is 1. The minimum absolute atomic E-state index is 0.148. The molecule has 1 heterocycles. The van der Waals surface area contributed by atoms with E-state index in [1.165, 1.54) is 24.0 Å². The maximum Gasteiger partial charge on any atom is 0.339 e. The summed E-state index contributed by atoms with van der Waals surface area (Å²) in [7, 11) is 0. The molecule has 1 aromatic carbocycles. The molecule has 0 aliphatic rings. The monoisotopic (exact) mass is 257 g/mol. The van der Waals surface area contributed by atoms with Gasteiger partial charge in [0.2, 0.25) is 0 Å². The molecule has 0 radical (unpaired) electrons. The van der Waals surface area contributed by atoms with Crippen molar-refractivity contribution in [1.82, 2.24) is 4.98 Å². The highest BCUT2D eigenvalue weighted by molar-refractivity contribution is 5.90. The molecule has 2 aromatic rings. The Kier molecular flexibility index (Phi) is 4.50. The van der Waals surface area contributed by atoms with Gasteiger partial charge < -0.3 is 9.84 Å². The number of hydrogen-bond donors (Lipinski definition) is 1. The summed E-state index contributed by atoms with van der Waals surface area (Å²) in [6, 6.07) is 11.5. The Hall–Kier alpha value is -2.36. The van der Waals surface area contributed by atoms with E-state index < -0.39 is 5.97 Å². The Morgan fingerprint density at radius 3 is 2.74 bits per heavy atom. The van der Waals surface area contributed by atoms with Gasteiger partial charge >= 0.3 is 5.97 Å². The standard InChI is InChI=1S/C15H15NO3/c17-15(18)13-8-9-16-11-14(13)19-10-4-7-12-5-2-1-3-6-12/h1-3,5-6,8-9,11H,4,7,10H2,(H,17,18). The average Bonchev–Trinajstić information content (AvgIpc) is 2.45. The van der Waals surface area contributed by atoms with Crippen molar-refractivity contribution in [3.63, 3.8) is 0 Å². The van der Waals surface area contributed by atoms with E-state index >= 15 is 0 Å². The van der Waals surface area contributed by atoms with E-state index in [0.29, 0.717) is 12.4 Å². The van der Waals surface area contributed by atoms with Gasteiger partial charge in [-0.1, -0.05) is 30.3 Å².